The van der Waals surface area contributed by atoms with Crippen LogP contribution in [-0.2, 0) is 12.8 Å². The molecule has 0 saturated carbocycles. The molecule has 21 heavy (non-hydrogen) atoms. The van der Waals surface area contributed by atoms with Gasteiger partial charge in [-0.1, -0.05) is 29.3 Å². The highest BCUT2D eigenvalue weighted by molar-refractivity contribution is 6.30. The van der Waals surface area contributed by atoms with E-state index in [1.807, 2.05) is 12.1 Å². The van der Waals surface area contributed by atoms with Crippen molar-refractivity contribution in [2.45, 2.75) is 26.2 Å². The number of fused-ring (bicyclic) bond motifs is 1. The Hall–Kier alpha value is -1.51. The first-order valence-electron chi connectivity index (χ1n) is 7.54. The van der Waals surface area contributed by atoms with Crippen molar-refractivity contribution in [1.29, 1.82) is 0 Å². The predicted octanol–water partition coefficient (Wildman–Crippen LogP) is 4.23. The van der Waals surface area contributed by atoms with Gasteiger partial charge in [-0.2, -0.15) is 0 Å². The van der Waals surface area contributed by atoms with Gasteiger partial charge in [-0.25, -0.2) is 0 Å². The van der Waals surface area contributed by atoms with Crippen molar-refractivity contribution < 1.29 is 0 Å². The van der Waals surface area contributed by atoms with Crippen LogP contribution in [0.3, 0.4) is 0 Å². The summed E-state index contributed by atoms with van der Waals surface area (Å²) in [4.78, 5) is 2.42. The molecule has 2 nitrogen and oxygen atoms in total. The monoisotopic (exact) mass is 300 g/mol. The van der Waals surface area contributed by atoms with Crippen molar-refractivity contribution in [3.05, 3.63) is 58.1 Å². The number of hydrogen-bond acceptors (Lipinski definition) is 2. The van der Waals surface area contributed by atoms with Crippen molar-refractivity contribution in [2.75, 3.05) is 18.0 Å². The summed E-state index contributed by atoms with van der Waals surface area (Å²) in [5, 5.41) is 0.781. The minimum Gasteiger partial charge on any atom is -0.341 e. The Labute approximate surface area is 131 Å². The summed E-state index contributed by atoms with van der Waals surface area (Å²) in [6.07, 6.45) is 3.20. The van der Waals surface area contributed by atoms with Gasteiger partial charge in [-0.15, -0.1) is 0 Å². The van der Waals surface area contributed by atoms with Gasteiger partial charge in [-0.05, 0) is 68.1 Å². The van der Waals surface area contributed by atoms with Crippen molar-refractivity contribution in [3.63, 3.8) is 0 Å². The number of rotatable bonds is 3. The third kappa shape index (κ3) is 2.92. The van der Waals surface area contributed by atoms with Crippen LogP contribution in [0.5, 0.6) is 0 Å². The van der Waals surface area contributed by atoms with Gasteiger partial charge >= 0.3 is 0 Å². The van der Waals surface area contributed by atoms with Crippen LogP contribution in [0.2, 0.25) is 5.02 Å². The highest BCUT2D eigenvalue weighted by atomic mass is 35.5. The smallest absolute Gasteiger partial charge is 0.0444 e. The van der Waals surface area contributed by atoms with Gasteiger partial charge in [0, 0.05) is 22.9 Å². The van der Waals surface area contributed by atoms with E-state index in [2.05, 4.69) is 36.1 Å². The van der Waals surface area contributed by atoms with E-state index < -0.39 is 0 Å². The Balaban J connectivity index is 2.06. The summed E-state index contributed by atoms with van der Waals surface area (Å²) in [5.74, 6) is 0. The third-order valence-electron chi connectivity index (χ3n) is 4.10. The molecule has 3 heteroatoms. The van der Waals surface area contributed by atoms with E-state index >= 15 is 0 Å². The van der Waals surface area contributed by atoms with Crippen LogP contribution < -0.4 is 10.6 Å². The minimum absolute atomic E-state index is 0.641. The molecule has 110 valence electrons. The van der Waals surface area contributed by atoms with Crippen LogP contribution >= 0.6 is 11.6 Å². The summed E-state index contributed by atoms with van der Waals surface area (Å²) < 4.78 is 0. The van der Waals surface area contributed by atoms with Crippen LogP contribution in [0.25, 0.3) is 0 Å². The van der Waals surface area contributed by atoms with Crippen molar-refractivity contribution >= 4 is 23.0 Å². The number of aryl methyl sites for hydroxylation is 2. The minimum atomic E-state index is 0.641. The standard InChI is InChI=1S/C18H21ClN2/c1-13-4-6-17-14(11-13)3-2-10-21(17)18-7-5-16(19)12-15(18)8-9-20/h4-7,11-12H,2-3,8-10,20H2,1H3. The number of hydrogen-bond donors (Lipinski definition) is 1. The Morgan fingerprint density at radius 1 is 1.14 bits per heavy atom. The second-order valence-corrected chi connectivity index (χ2v) is 6.14. The van der Waals surface area contributed by atoms with E-state index in [0.717, 1.165) is 24.4 Å². The van der Waals surface area contributed by atoms with Gasteiger partial charge in [0.15, 0.2) is 0 Å². The molecule has 1 aliphatic rings. The van der Waals surface area contributed by atoms with Gasteiger partial charge < -0.3 is 10.6 Å². The van der Waals surface area contributed by atoms with E-state index in [9.17, 15) is 0 Å². The SMILES string of the molecule is Cc1ccc2c(c1)CCCN2c1ccc(Cl)cc1CCN. The fourth-order valence-electron chi connectivity index (χ4n) is 3.15. The molecule has 2 N–H and O–H groups in total. The number of halogens is 1. The summed E-state index contributed by atoms with van der Waals surface area (Å²) in [6.45, 7) is 3.85. The fraction of sp³-hybridized carbons (Fsp3) is 0.333. The zero-order valence-electron chi connectivity index (χ0n) is 12.4. The molecule has 3 rings (SSSR count). The van der Waals surface area contributed by atoms with Gasteiger partial charge in [0.1, 0.15) is 0 Å². The predicted molar refractivity (Wildman–Crippen MR) is 90.7 cm³/mol. The van der Waals surface area contributed by atoms with Crippen molar-refractivity contribution in [2.24, 2.45) is 5.73 Å². The normalized spacial score (nSPS) is 14.1. The molecule has 0 fully saturated rings. The summed E-state index contributed by atoms with van der Waals surface area (Å²) in [5.41, 5.74) is 12.3. The average molecular weight is 301 g/mol. The van der Waals surface area contributed by atoms with Crippen LogP contribution in [0.4, 0.5) is 11.4 Å². The van der Waals surface area contributed by atoms with E-state index in [4.69, 9.17) is 17.3 Å². The van der Waals surface area contributed by atoms with E-state index in [1.165, 1.54) is 34.5 Å². The Morgan fingerprint density at radius 3 is 2.76 bits per heavy atom. The molecule has 0 aliphatic carbocycles. The molecule has 0 radical (unpaired) electrons. The number of anilines is 2. The lowest BCUT2D eigenvalue weighted by atomic mass is 9.97. The Bertz CT molecular complexity index is 652. The molecule has 2 aromatic carbocycles. The average Bonchev–Trinajstić information content (AvgIpc) is 2.47. The van der Waals surface area contributed by atoms with Crippen LogP contribution in [0.15, 0.2) is 36.4 Å². The molecule has 0 bridgehead atoms. The Kier molecular flexibility index (Phi) is 4.18. The molecular weight excluding hydrogens is 280 g/mol. The lowest BCUT2D eigenvalue weighted by molar-refractivity contribution is 0.762. The maximum Gasteiger partial charge on any atom is 0.0444 e. The summed E-state index contributed by atoms with van der Waals surface area (Å²) in [6, 6.07) is 12.9. The summed E-state index contributed by atoms with van der Waals surface area (Å²) in [7, 11) is 0. The maximum atomic E-state index is 6.15. The van der Waals surface area contributed by atoms with Gasteiger partial charge in [-0.3, -0.25) is 0 Å². The first kappa shape index (κ1) is 14.4. The fourth-order valence-corrected chi connectivity index (χ4v) is 3.34. The third-order valence-corrected chi connectivity index (χ3v) is 4.33. The molecule has 0 spiro atoms. The highest BCUT2D eigenvalue weighted by Gasteiger charge is 2.20. The molecule has 0 unspecified atom stereocenters. The zero-order valence-corrected chi connectivity index (χ0v) is 13.2. The second-order valence-electron chi connectivity index (χ2n) is 5.70. The zero-order chi connectivity index (χ0) is 14.8. The first-order chi connectivity index (χ1) is 10.2. The molecule has 0 aromatic heterocycles. The van der Waals surface area contributed by atoms with Gasteiger partial charge in [0.05, 0.1) is 0 Å². The van der Waals surface area contributed by atoms with Crippen molar-refractivity contribution in [3.8, 4) is 0 Å². The lowest BCUT2D eigenvalue weighted by Crippen LogP contribution is -2.26. The topological polar surface area (TPSA) is 29.3 Å². The molecule has 1 aliphatic heterocycles. The van der Waals surface area contributed by atoms with Gasteiger partial charge in [0.25, 0.3) is 0 Å². The van der Waals surface area contributed by atoms with E-state index in [-0.39, 0.29) is 0 Å². The Morgan fingerprint density at radius 2 is 1.95 bits per heavy atom. The summed E-state index contributed by atoms with van der Waals surface area (Å²) >= 11 is 6.15. The molecule has 1 heterocycles. The van der Waals surface area contributed by atoms with E-state index in [1.54, 1.807) is 0 Å². The second kappa shape index (κ2) is 6.08. The largest absolute Gasteiger partial charge is 0.341 e. The highest BCUT2D eigenvalue weighted by Crippen LogP contribution is 2.36. The molecule has 0 saturated heterocycles. The molecular formula is C18H21ClN2. The lowest BCUT2D eigenvalue weighted by Gasteiger charge is -2.33. The molecule has 0 atom stereocenters. The van der Waals surface area contributed by atoms with Crippen LogP contribution in [0.1, 0.15) is 23.1 Å². The first-order valence-corrected chi connectivity index (χ1v) is 7.92. The number of nitrogens with two attached hydrogens (primary N) is 1. The van der Waals surface area contributed by atoms with Gasteiger partial charge in [0.2, 0.25) is 0 Å². The number of benzene rings is 2. The molecule has 0 amide bonds. The van der Waals surface area contributed by atoms with Crippen LogP contribution in [-0.4, -0.2) is 13.1 Å². The molecule has 2 aromatic rings. The van der Waals surface area contributed by atoms with E-state index in [0.29, 0.717) is 6.54 Å². The van der Waals surface area contributed by atoms with Crippen LogP contribution in [0, 0.1) is 6.92 Å². The quantitative estimate of drug-likeness (QED) is 0.919. The number of nitrogens with zero attached hydrogens (tertiary/aromatic N) is 1. The van der Waals surface area contributed by atoms with Crippen molar-refractivity contribution in [1.82, 2.24) is 0 Å². The maximum absolute atomic E-state index is 6.15.